The molecule has 0 aliphatic carbocycles. The van der Waals surface area contributed by atoms with Gasteiger partial charge in [-0.15, -0.1) is 0 Å². The first-order valence-corrected chi connectivity index (χ1v) is 6.82. The van der Waals surface area contributed by atoms with Gasteiger partial charge in [-0.05, 0) is 33.2 Å². The van der Waals surface area contributed by atoms with Gasteiger partial charge in [-0.1, -0.05) is 6.92 Å². The van der Waals surface area contributed by atoms with Gasteiger partial charge in [0.25, 0.3) is 0 Å². The predicted molar refractivity (Wildman–Crippen MR) is 70.9 cm³/mol. The fraction of sp³-hybridized carbons (Fsp3) is 0.917. The van der Waals surface area contributed by atoms with E-state index in [1.807, 2.05) is 14.0 Å². The van der Waals surface area contributed by atoms with E-state index in [2.05, 4.69) is 29.8 Å². The number of nitrogens with one attached hydrogen (secondary N) is 1. The second-order valence-electron chi connectivity index (χ2n) is 4.82. The van der Waals surface area contributed by atoms with Gasteiger partial charge in [0.1, 0.15) is 0 Å². The maximum atomic E-state index is 12.3. The Morgan fingerprint density at radius 2 is 2.25 bits per heavy atom. The molecule has 1 aliphatic rings. The highest BCUT2D eigenvalue weighted by molar-refractivity contribution is 7.80. The Morgan fingerprint density at radius 3 is 2.81 bits per heavy atom. The van der Waals surface area contributed by atoms with Crippen LogP contribution in [-0.4, -0.2) is 42.2 Å². The number of nitrogens with zero attached hydrogens (tertiary/aromatic N) is 1. The molecule has 1 aliphatic heterocycles. The third-order valence-corrected chi connectivity index (χ3v) is 3.96. The lowest BCUT2D eigenvalue weighted by Gasteiger charge is -2.42. The number of likely N-dealkylation sites (N-methyl/N-ethyl adjacent to an activating group) is 1. The van der Waals surface area contributed by atoms with Crippen LogP contribution in [0.25, 0.3) is 0 Å². The van der Waals surface area contributed by atoms with Crippen LogP contribution in [0.2, 0.25) is 0 Å². The molecule has 0 spiro atoms. The van der Waals surface area contributed by atoms with Crippen molar-refractivity contribution >= 4 is 18.5 Å². The summed E-state index contributed by atoms with van der Waals surface area (Å²) in [6.45, 7) is 5.02. The van der Waals surface area contributed by atoms with Crippen molar-refractivity contribution in [2.24, 2.45) is 5.92 Å². The summed E-state index contributed by atoms with van der Waals surface area (Å²) in [6, 6.07) is 0.741. The van der Waals surface area contributed by atoms with Crippen LogP contribution in [0, 0.1) is 5.92 Å². The molecule has 16 heavy (non-hydrogen) atoms. The smallest absolute Gasteiger partial charge is 0.226 e. The summed E-state index contributed by atoms with van der Waals surface area (Å²) in [4.78, 5) is 14.4. The van der Waals surface area contributed by atoms with E-state index < -0.39 is 0 Å². The Morgan fingerprint density at radius 1 is 1.56 bits per heavy atom. The van der Waals surface area contributed by atoms with Crippen molar-refractivity contribution in [1.82, 2.24) is 10.2 Å². The Kier molecular flexibility index (Phi) is 5.62. The van der Waals surface area contributed by atoms with Crippen molar-refractivity contribution in [1.29, 1.82) is 0 Å². The maximum Gasteiger partial charge on any atom is 0.226 e. The summed E-state index contributed by atoms with van der Waals surface area (Å²) in [6.07, 6.45) is 3.48. The van der Waals surface area contributed by atoms with Crippen LogP contribution in [-0.2, 0) is 4.79 Å². The van der Waals surface area contributed by atoms with Crippen LogP contribution < -0.4 is 5.32 Å². The molecule has 3 unspecified atom stereocenters. The first-order valence-electron chi connectivity index (χ1n) is 6.19. The highest BCUT2D eigenvalue weighted by Gasteiger charge is 2.32. The zero-order valence-corrected chi connectivity index (χ0v) is 11.5. The molecule has 1 amide bonds. The molecule has 1 fully saturated rings. The summed E-state index contributed by atoms with van der Waals surface area (Å²) in [5, 5.41) is 3.19. The summed E-state index contributed by atoms with van der Waals surface area (Å²) in [7, 11) is 1.95. The number of hydrogen-bond acceptors (Lipinski definition) is 3. The molecule has 0 aromatic heterocycles. The molecule has 1 rings (SSSR count). The quantitative estimate of drug-likeness (QED) is 0.735. The number of hydrogen-bond donors (Lipinski definition) is 2. The van der Waals surface area contributed by atoms with E-state index in [1.54, 1.807) is 0 Å². The van der Waals surface area contributed by atoms with E-state index in [-0.39, 0.29) is 11.8 Å². The lowest BCUT2D eigenvalue weighted by Crippen LogP contribution is -2.54. The van der Waals surface area contributed by atoms with Gasteiger partial charge in [0.15, 0.2) is 0 Å². The number of carbonyl (C=O) groups is 1. The Balaban J connectivity index is 2.72. The van der Waals surface area contributed by atoms with Gasteiger partial charge in [0.2, 0.25) is 5.91 Å². The molecule has 4 heteroatoms. The molecule has 0 bridgehead atoms. The third-order valence-electron chi connectivity index (χ3n) is 3.42. The van der Waals surface area contributed by atoms with E-state index in [4.69, 9.17) is 0 Å². The minimum absolute atomic E-state index is 0.0308. The molecule has 0 saturated carbocycles. The zero-order chi connectivity index (χ0) is 12.1. The zero-order valence-electron chi connectivity index (χ0n) is 10.6. The molecular weight excluding hydrogens is 220 g/mol. The van der Waals surface area contributed by atoms with E-state index >= 15 is 0 Å². The lowest BCUT2D eigenvalue weighted by molar-refractivity contribution is -0.140. The maximum absolute atomic E-state index is 12.3. The van der Waals surface area contributed by atoms with Gasteiger partial charge in [-0.3, -0.25) is 4.79 Å². The molecule has 3 nitrogen and oxygen atoms in total. The van der Waals surface area contributed by atoms with Crippen LogP contribution in [0.4, 0.5) is 0 Å². The average molecular weight is 244 g/mol. The predicted octanol–water partition coefficient (Wildman–Crippen LogP) is 1.54. The molecule has 3 atom stereocenters. The number of rotatable bonds is 4. The van der Waals surface area contributed by atoms with Crippen LogP contribution in [0.1, 0.15) is 33.1 Å². The van der Waals surface area contributed by atoms with Crippen LogP contribution in [0.5, 0.6) is 0 Å². The van der Waals surface area contributed by atoms with Gasteiger partial charge in [-0.2, -0.15) is 12.6 Å². The summed E-state index contributed by atoms with van der Waals surface area (Å²) < 4.78 is 0. The minimum Gasteiger partial charge on any atom is -0.335 e. The monoisotopic (exact) mass is 244 g/mol. The second-order valence-corrected chi connectivity index (χ2v) is 5.19. The fourth-order valence-electron chi connectivity index (χ4n) is 2.45. The molecule has 1 heterocycles. The third kappa shape index (κ3) is 3.14. The van der Waals surface area contributed by atoms with Crippen molar-refractivity contribution in [3.05, 3.63) is 0 Å². The fourth-order valence-corrected chi connectivity index (χ4v) is 2.61. The Hall–Kier alpha value is -0.220. The molecule has 0 aromatic carbocycles. The summed E-state index contributed by atoms with van der Waals surface area (Å²) >= 11 is 4.22. The van der Waals surface area contributed by atoms with Crippen molar-refractivity contribution in [2.45, 2.75) is 45.2 Å². The average Bonchev–Trinajstić information content (AvgIpc) is 2.28. The standard InChI is InChI=1S/C12H24N2OS/c1-9(8-16)12(15)14-10(2)5-4-6-11(14)7-13-3/h9-11,13,16H,4-8H2,1-3H3. The molecule has 0 aromatic rings. The second kappa shape index (κ2) is 6.50. The largest absolute Gasteiger partial charge is 0.335 e. The molecular formula is C12H24N2OS. The van der Waals surface area contributed by atoms with E-state index in [9.17, 15) is 4.79 Å². The topological polar surface area (TPSA) is 32.3 Å². The minimum atomic E-state index is 0.0308. The van der Waals surface area contributed by atoms with E-state index in [1.165, 1.54) is 6.42 Å². The Bertz CT molecular complexity index is 233. The van der Waals surface area contributed by atoms with Crippen molar-refractivity contribution in [3.8, 4) is 0 Å². The first kappa shape index (κ1) is 13.8. The van der Waals surface area contributed by atoms with Crippen LogP contribution in [0.3, 0.4) is 0 Å². The molecule has 1 N–H and O–H groups in total. The van der Waals surface area contributed by atoms with Crippen molar-refractivity contribution in [3.63, 3.8) is 0 Å². The lowest BCUT2D eigenvalue weighted by atomic mass is 9.94. The van der Waals surface area contributed by atoms with Gasteiger partial charge in [0, 0.05) is 30.3 Å². The van der Waals surface area contributed by atoms with E-state index in [0.717, 1.165) is 19.4 Å². The number of likely N-dealkylation sites (tertiary alicyclic amines) is 1. The van der Waals surface area contributed by atoms with Gasteiger partial charge >= 0.3 is 0 Å². The first-order chi connectivity index (χ1) is 7.61. The van der Waals surface area contributed by atoms with E-state index in [0.29, 0.717) is 17.8 Å². The Labute approximate surface area is 104 Å². The number of piperidine rings is 1. The summed E-state index contributed by atoms with van der Waals surface area (Å²) in [5.74, 6) is 0.930. The normalized spacial score (nSPS) is 27.9. The van der Waals surface area contributed by atoms with Gasteiger partial charge in [0.05, 0.1) is 0 Å². The molecule has 0 radical (unpaired) electrons. The van der Waals surface area contributed by atoms with Gasteiger partial charge < -0.3 is 10.2 Å². The number of thiol groups is 1. The molecule has 1 saturated heterocycles. The number of amides is 1. The summed E-state index contributed by atoms with van der Waals surface area (Å²) in [5.41, 5.74) is 0. The van der Waals surface area contributed by atoms with Crippen molar-refractivity contribution < 1.29 is 4.79 Å². The van der Waals surface area contributed by atoms with Crippen molar-refractivity contribution in [2.75, 3.05) is 19.3 Å². The highest BCUT2D eigenvalue weighted by Crippen LogP contribution is 2.24. The molecule has 94 valence electrons. The SMILES string of the molecule is CNCC1CCCC(C)N1C(=O)C(C)CS. The van der Waals surface area contributed by atoms with Crippen LogP contribution in [0.15, 0.2) is 0 Å². The number of carbonyl (C=O) groups excluding carboxylic acids is 1. The van der Waals surface area contributed by atoms with Gasteiger partial charge in [-0.25, -0.2) is 0 Å². The van der Waals surface area contributed by atoms with Crippen LogP contribution >= 0.6 is 12.6 Å². The highest BCUT2D eigenvalue weighted by atomic mass is 32.1.